The fraction of sp³-hybridized carbons (Fsp3) is 0.462. The summed E-state index contributed by atoms with van der Waals surface area (Å²) in [5, 5.41) is 9.31. The van der Waals surface area contributed by atoms with Gasteiger partial charge in [0, 0.05) is 36.8 Å². The van der Waals surface area contributed by atoms with E-state index >= 15 is 0 Å². The highest BCUT2D eigenvalue weighted by Gasteiger charge is 2.26. The summed E-state index contributed by atoms with van der Waals surface area (Å²) in [6, 6.07) is 2.19. The smallest absolute Gasteiger partial charge is 0.264 e. The van der Waals surface area contributed by atoms with Crippen molar-refractivity contribution in [1.82, 2.24) is 15.1 Å². The van der Waals surface area contributed by atoms with Crippen LogP contribution >= 0.6 is 11.3 Å². The molecule has 0 amide bonds. The minimum Gasteiger partial charge on any atom is -0.309 e. The van der Waals surface area contributed by atoms with E-state index in [9.17, 15) is 8.42 Å². The quantitative estimate of drug-likeness (QED) is 0.849. The summed E-state index contributed by atoms with van der Waals surface area (Å²) in [4.78, 5) is 1.23. The minimum atomic E-state index is -3.60. The van der Waals surface area contributed by atoms with Crippen molar-refractivity contribution in [3.05, 3.63) is 28.1 Å². The molecule has 3 rings (SSSR count). The van der Waals surface area contributed by atoms with Crippen LogP contribution in [-0.2, 0) is 23.6 Å². The Hall–Kier alpha value is -1.38. The van der Waals surface area contributed by atoms with E-state index in [0.717, 1.165) is 10.4 Å². The van der Waals surface area contributed by atoms with Gasteiger partial charge in [0.25, 0.3) is 10.0 Å². The molecule has 0 aromatic carbocycles. The number of aromatic nitrogens is 2. The highest BCUT2D eigenvalue weighted by Crippen LogP contribution is 2.29. The molecule has 21 heavy (non-hydrogen) atoms. The molecule has 0 spiro atoms. The van der Waals surface area contributed by atoms with Gasteiger partial charge in [-0.25, -0.2) is 8.42 Å². The van der Waals surface area contributed by atoms with E-state index in [1.807, 2.05) is 12.3 Å². The molecule has 0 saturated heterocycles. The summed E-state index contributed by atoms with van der Waals surface area (Å²) >= 11 is 1.48. The van der Waals surface area contributed by atoms with E-state index < -0.39 is 10.0 Å². The van der Waals surface area contributed by atoms with E-state index in [-0.39, 0.29) is 0 Å². The number of rotatable bonds is 6. The first-order valence-electron chi connectivity index (χ1n) is 6.78. The minimum absolute atomic E-state index is 0.337. The first kappa shape index (κ1) is 14.6. The van der Waals surface area contributed by atoms with Crippen molar-refractivity contribution in [2.24, 2.45) is 7.05 Å². The summed E-state index contributed by atoms with van der Waals surface area (Å²) in [7, 11) is -1.85. The SMILES string of the molecule is Cc1csc(CNC2CC2)c1S(=O)(=O)Nc1ccn(C)n1. The third-order valence-electron chi connectivity index (χ3n) is 3.34. The van der Waals surface area contributed by atoms with Gasteiger partial charge in [-0.2, -0.15) is 5.10 Å². The average Bonchev–Trinajstić information content (AvgIpc) is 3.04. The Morgan fingerprint density at radius 3 is 2.86 bits per heavy atom. The summed E-state index contributed by atoms with van der Waals surface area (Å²) in [6.07, 6.45) is 4.06. The Morgan fingerprint density at radius 1 is 1.48 bits per heavy atom. The van der Waals surface area contributed by atoms with Crippen molar-refractivity contribution in [3.63, 3.8) is 0 Å². The van der Waals surface area contributed by atoms with Gasteiger partial charge < -0.3 is 5.32 Å². The molecule has 1 saturated carbocycles. The van der Waals surface area contributed by atoms with Crippen LogP contribution in [0, 0.1) is 6.92 Å². The van der Waals surface area contributed by atoms with Gasteiger partial charge in [0.05, 0.1) is 0 Å². The maximum absolute atomic E-state index is 12.6. The molecule has 8 heteroatoms. The summed E-state index contributed by atoms with van der Waals surface area (Å²) in [5.41, 5.74) is 0.774. The van der Waals surface area contributed by atoms with Gasteiger partial charge in [-0.1, -0.05) is 0 Å². The van der Waals surface area contributed by atoms with E-state index in [1.165, 1.54) is 24.2 Å². The molecule has 0 bridgehead atoms. The van der Waals surface area contributed by atoms with Crippen LogP contribution in [-0.4, -0.2) is 24.2 Å². The molecule has 114 valence electrons. The van der Waals surface area contributed by atoms with Crippen LogP contribution in [0.3, 0.4) is 0 Å². The number of sulfonamides is 1. The molecule has 6 nitrogen and oxygen atoms in total. The number of hydrogen-bond donors (Lipinski definition) is 2. The second-order valence-electron chi connectivity index (χ2n) is 5.31. The topological polar surface area (TPSA) is 76.0 Å². The van der Waals surface area contributed by atoms with Crippen LogP contribution in [0.2, 0.25) is 0 Å². The van der Waals surface area contributed by atoms with Crippen molar-refractivity contribution >= 4 is 27.2 Å². The molecule has 1 fully saturated rings. The predicted octanol–water partition coefficient (Wildman–Crippen LogP) is 1.84. The average molecular weight is 326 g/mol. The fourth-order valence-electron chi connectivity index (χ4n) is 2.15. The van der Waals surface area contributed by atoms with Crippen LogP contribution in [0.4, 0.5) is 5.82 Å². The normalized spacial score (nSPS) is 15.3. The van der Waals surface area contributed by atoms with Crippen molar-refractivity contribution in [3.8, 4) is 0 Å². The second-order valence-corrected chi connectivity index (χ2v) is 7.89. The van der Waals surface area contributed by atoms with Crippen LogP contribution in [0.5, 0.6) is 0 Å². The lowest BCUT2D eigenvalue weighted by atomic mass is 10.3. The van der Waals surface area contributed by atoms with Gasteiger partial charge >= 0.3 is 0 Å². The van der Waals surface area contributed by atoms with Crippen molar-refractivity contribution in [1.29, 1.82) is 0 Å². The summed E-state index contributed by atoms with van der Waals surface area (Å²) in [5.74, 6) is 0.337. The molecule has 2 N–H and O–H groups in total. The Labute approximate surface area is 128 Å². The lowest BCUT2D eigenvalue weighted by Crippen LogP contribution is -2.19. The Bertz CT molecular complexity index is 744. The Morgan fingerprint density at radius 2 is 2.24 bits per heavy atom. The molecular formula is C13H18N4O2S2. The molecular weight excluding hydrogens is 308 g/mol. The Kier molecular flexibility index (Phi) is 3.76. The van der Waals surface area contributed by atoms with Gasteiger partial charge in [-0.15, -0.1) is 11.3 Å². The van der Waals surface area contributed by atoms with Crippen LogP contribution in [0.1, 0.15) is 23.3 Å². The highest BCUT2D eigenvalue weighted by molar-refractivity contribution is 7.93. The maximum atomic E-state index is 12.6. The highest BCUT2D eigenvalue weighted by atomic mass is 32.2. The summed E-state index contributed by atoms with van der Waals surface area (Å²) < 4.78 is 29.3. The molecule has 2 aromatic heterocycles. The molecule has 0 atom stereocenters. The Balaban J connectivity index is 1.84. The maximum Gasteiger partial charge on any atom is 0.264 e. The number of thiophene rings is 1. The van der Waals surface area contributed by atoms with Crippen molar-refractivity contribution in [2.45, 2.75) is 37.2 Å². The molecule has 0 aliphatic heterocycles. The van der Waals surface area contributed by atoms with E-state index in [0.29, 0.717) is 23.3 Å². The zero-order valence-corrected chi connectivity index (χ0v) is 13.6. The predicted molar refractivity (Wildman–Crippen MR) is 82.9 cm³/mol. The third kappa shape index (κ3) is 3.28. The molecule has 0 radical (unpaired) electrons. The summed E-state index contributed by atoms with van der Waals surface area (Å²) in [6.45, 7) is 2.42. The molecule has 2 aromatic rings. The first-order valence-corrected chi connectivity index (χ1v) is 9.15. The lowest BCUT2D eigenvalue weighted by Gasteiger charge is -2.09. The van der Waals surface area contributed by atoms with Gasteiger partial charge in [-0.05, 0) is 30.7 Å². The van der Waals surface area contributed by atoms with Gasteiger partial charge in [-0.3, -0.25) is 9.40 Å². The van der Waals surface area contributed by atoms with Crippen LogP contribution in [0.25, 0.3) is 0 Å². The van der Waals surface area contributed by atoms with Crippen molar-refractivity contribution < 1.29 is 8.42 Å². The molecule has 2 heterocycles. The zero-order valence-electron chi connectivity index (χ0n) is 12.0. The second kappa shape index (κ2) is 5.43. The van der Waals surface area contributed by atoms with Gasteiger partial charge in [0.2, 0.25) is 0 Å². The molecule has 1 aliphatic carbocycles. The van der Waals surface area contributed by atoms with E-state index in [2.05, 4.69) is 15.1 Å². The largest absolute Gasteiger partial charge is 0.309 e. The standard InChI is InChI=1S/C13H18N4O2S2/c1-9-8-20-11(7-14-10-3-4-10)13(9)21(18,19)16-12-5-6-17(2)15-12/h5-6,8,10,14H,3-4,7H2,1-2H3,(H,15,16). The van der Waals surface area contributed by atoms with Crippen LogP contribution in [0.15, 0.2) is 22.5 Å². The first-order chi connectivity index (χ1) is 9.95. The van der Waals surface area contributed by atoms with Gasteiger partial charge in [0.15, 0.2) is 5.82 Å². The third-order valence-corrected chi connectivity index (χ3v) is 6.16. The number of nitrogens with zero attached hydrogens (tertiary/aromatic N) is 2. The number of aryl methyl sites for hydroxylation is 2. The number of hydrogen-bond acceptors (Lipinski definition) is 5. The van der Waals surface area contributed by atoms with E-state index in [4.69, 9.17) is 0 Å². The fourth-order valence-corrected chi connectivity index (χ4v) is 4.91. The monoisotopic (exact) mass is 326 g/mol. The van der Waals surface area contributed by atoms with Gasteiger partial charge in [0.1, 0.15) is 4.90 Å². The molecule has 0 unspecified atom stereocenters. The van der Waals surface area contributed by atoms with E-state index in [1.54, 1.807) is 24.0 Å². The number of anilines is 1. The molecule has 1 aliphatic rings. The lowest BCUT2D eigenvalue weighted by molar-refractivity contribution is 0.598. The zero-order chi connectivity index (χ0) is 15.0. The van der Waals surface area contributed by atoms with Crippen molar-refractivity contribution in [2.75, 3.05) is 4.72 Å². The number of nitrogens with one attached hydrogen (secondary N) is 2. The van der Waals surface area contributed by atoms with Crippen LogP contribution < -0.4 is 10.0 Å².